The summed E-state index contributed by atoms with van der Waals surface area (Å²) in [5, 5.41) is 8.66. The minimum Gasteiger partial charge on any atom is -0.481 e. The summed E-state index contributed by atoms with van der Waals surface area (Å²) in [6.07, 6.45) is 0. The highest BCUT2D eigenvalue weighted by molar-refractivity contribution is 8.00. The molecule has 1 atom stereocenters. The molecule has 5 heteroatoms. The van der Waals surface area contributed by atoms with E-state index in [2.05, 4.69) is 9.97 Å². The molecule has 0 saturated carbocycles. The molecule has 0 radical (unpaired) electrons. The summed E-state index contributed by atoms with van der Waals surface area (Å²) in [5.74, 6) is 0.124. The number of imidazole rings is 1. The Morgan fingerprint density at radius 3 is 3.00 bits per heavy atom. The van der Waals surface area contributed by atoms with E-state index >= 15 is 0 Å². The summed E-state index contributed by atoms with van der Waals surface area (Å²) in [7, 11) is 0. The number of thioether (sulfide) groups is 1. The summed E-state index contributed by atoms with van der Waals surface area (Å²) in [4.78, 5) is 18.1. The molecule has 0 aliphatic carbocycles. The zero-order chi connectivity index (χ0) is 11.5. The summed E-state index contributed by atoms with van der Waals surface area (Å²) in [6, 6.07) is 7.77. The van der Waals surface area contributed by atoms with Crippen LogP contribution in [0.15, 0.2) is 24.3 Å². The van der Waals surface area contributed by atoms with Crippen molar-refractivity contribution in [1.82, 2.24) is 9.97 Å². The fourth-order valence-corrected chi connectivity index (χ4v) is 2.10. The molecule has 0 saturated heterocycles. The lowest BCUT2D eigenvalue weighted by Gasteiger charge is -2.05. The number of nitrogens with zero attached hydrogens (tertiary/aromatic N) is 1. The first-order valence-electron chi connectivity index (χ1n) is 4.95. The van der Waals surface area contributed by atoms with Crippen molar-refractivity contribution < 1.29 is 9.90 Å². The molecule has 1 aromatic carbocycles. The Labute approximate surface area is 97.1 Å². The molecule has 0 aliphatic rings. The van der Waals surface area contributed by atoms with Gasteiger partial charge in [0.05, 0.1) is 22.0 Å². The number of aliphatic carboxylic acids is 1. The normalized spacial score (nSPS) is 12.8. The van der Waals surface area contributed by atoms with Crippen LogP contribution < -0.4 is 0 Å². The van der Waals surface area contributed by atoms with Crippen molar-refractivity contribution in [2.24, 2.45) is 0 Å². The van der Waals surface area contributed by atoms with Crippen molar-refractivity contribution >= 4 is 28.8 Å². The minimum atomic E-state index is -0.798. The van der Waals surface area contributed by atoms with E-state index in [9.17, 15) is 4.79 Å². The summed E-state index contributed by atoms with van der Waals surface area (Å²) >= 11 is 1.36. The molecule has 0 fully saturated rings. The van der Waals surface area contributed by atoms with E-state index in [1.807, 2.05) is 31.2 Å². The highest BCUT2D eigenvalue weighted by Crippen LogP contribution is 2.27. The average molecular weight is 236 g/mol. The number of rotatable bonds is 4. The Kier molecular flexibility index (Phi) is 3.14. The smallest absolute Gasteiger partial charge is 0.313 e. The number of hydrogen-bond donors (Lipinski definition) is 2. The van der Waals surface area contributed by atoms with Crippen molar-refractivity contribution in [3.05, 3.63) is 30.1 Å². The number of hydrogen-bond acceptors (Lipinski definition) is 3. The van der Waals surface area contributed by atoms with Crippen molar-refractivity contribution in [3.63, 3.8) is 0 Å². The lowest BCUT2D eigenvalue weighted by molar-refractivity contribution is -0.133. The summed E-state index contributed by atoms with van der Waals surface area (Å²) in [6.45, 7) is 1.95. The summed E-state index contributed by atoms with van der Waals surface area (Å²) in [5.41, 5.74) is 1.90. The number of aromatic amines is 1. The third-order valence-corrected chi connectivity index (χ3v) is 3.39. The molecule has 0 unspecified atom stereocenters. The SMILES string of the molecule is C[C@H](SCC(=O)O)c1nc2ccccc2[nH]1. The van der Waals surface area contributed by atoms with Crippen LogP contribution in [0.4, 0.5) is 0 Å². The second-order valence-electron chi connectivity index (χ2n) is 3.49. The molecule has 2 aromatic rings. The summed E-state index contributed by atoms with van der Waals surface area (Å²) < 4.78 is 0. The number of carboxylic acid groups (broad SMARTS) is 1. The lowest BCUT2D eigenvalue weighted by Crippen LogP contribution is -2.01. The predicted molar refractivity (Wildman–Crippen MR) is 64.6 cm³/mol. The minimum absolute atomic E-state index is 0.0588. The first-order valence-corrected chi connectivity index (χ1v) is 6.00. The van der Waals surface area contributed by atoms with E-state index in [0.29, 0.717) is 0 Å². The standard InChI is InChI=1S/C11H12N2O2S/c1-7(16-6-10(14)15)11-12-8-4-2-3-5-9(8)13-11/h2-5,7H,6H2,1H3,(H,12,13)(H,14,15)/t7-/m0/s1. The van der Waals surface area contributed by atoms with E-state index in [1.54, 1.807) is 0 Å². The Morgan fingerprint density at radius 2 is 2.31 bits per heavy atom. The first-order chi connectivity index (χ1) is 7.66. The van der Waals surface area contributed by atoms with Gasteiger partial charge in [0.1, 0.15) is 5.82 Å². The third-order valence-electron chi connectivity index (χ3n) is 2.25. The van der Waals surface area contributed by atoms with Crippen LogP contribution in [0.3, 0.4) is 0 Å². The van der Waals surface area contributed by atoms with Gasteiger partial charge < -0.3 is 10.1 Å². The van der Waals surface area contributed by atoms with Gasteiger partial charge >= 0.3 is 5.97 Å². The van der Waals surface area contributed by atoms with Gasteiger partial charge in [-0.3, -0.25) is 4.79 Å². The average Bonchev–Trinajstić information content (AvgIpc) is 2.69. The maximum atomic E-state index is 10.5. The number of para-hydroxylation sites is 2. The van der Waals surface area contributed by atoms with E-state index in [0.717, 1.165) is 16.9 Å². The molecule has 0 spiro atoms. The molecule has 0 amide bonds. The molecule has 1 heterocycles. The Balaban J connectivity index is 2.16. The van der Waals surface area contributed by atoms with Crippen LogP contribution in [0.2, 0.25) is 0 Å². The van der Waals surface area contributed by atoms with E-state index in [4.69, 9.17) is 5.11 Å². The first kappa shape index (κ1) is 11.0. The van der Waals surface area contributed by atoms with Crippen LogP contribution in [-0.2, 0) is 4.79 Å². The van der Waals surface area contributed by atoms with Gasteiger partial charge in [-0.15, -0.1) is 11.8 Å². The number of carboxylic acids is 1. The van der Waals surface area contributed by atoms with Crippen molar-refractivity contribution in [3.8, 4) is 0 Å². The molecule has 0 bridgehead atoms. The quantitative estimate of drug-likeness (QED) is 0.855. The van der Waals surface area contributed by atoms with E-state index < -0.39 is 5.97 Å². The lowest BCUT2D eigenvalue weighted by atomic mass is 10.3. The zero-order valence-corrected chi connectivity index (χ0v) is 9.62. The van der Waals surface area contributed by atoms with Gasteiger partial charge in [0, 0.05) is 0 Å². The maximum absolute atomic E-state index is 10.5. The van der Waals surface area contributed by atoms with Gasteiger partial charge in [-0.1, -0.05) is 12.1 Å². The number of carbonyl (C=O) groups is 1. The van der Waals surface area contributed by atoms with Crippen LogP contribution in [0.25, 0.3) is 11.0 Å². The number of nitrogens with one attached hydrogen (secondary N) is 1. The van der Waals surface area contributed by atoms with Crippen LogP contribution >= 0.6 is 11.8 Å². The number of benzene rings is 1. The molecule has 2 N–H and O–H groups in total. The second-order valence-corrected chi connectivity index (χ2v) is 4.82. The number of aromatic nitrogens is 2. The van der Waals surface area contributed by atoms with Crippen molar-refractivity contribution in [1.29, 1.82) is 0 Å². The monoisotopic (exact) mass is 236 g/mol. The Morgan fingerprint density at radius 1 is 1.56 bits per heavy atom. The topological polar surface area (TPSA) is 66.0 Å². The van der Waals surface area contributed by atoms with E-state index in [-0.39, 0.29) is 11.0 Å². The van der Waals surface area contributed by atoms with Gasteiger partial charge in [0.25, 0.3) is 0 Å². The Bertz CT molecular complexity index is 476. The van der Waals surface area contributed by atoms with E-state index in [1.165, 1.54) is 11.8 Å². The predicted octanol–water partition coefficient (Wildman–Crippen LogP) is 2.44. The van der Waals surface area contributed by atoms with Crippen molar-refractivity contribution in [2.45, 2.75) is 12.2 Å². The third kappa shape index (κ3) is 2.36. The molecule has 16 heavy (non-hydrogen) atoms. The van der Waals surface area contributed by atoms with Gasteiger partial charge in [0.15, 0.2) is 0 Å². The molecular formula is C11H12N2O2S. The maximum Gasteiger partial charge on any atom is 0.313 e. The van der Waals surface area contributed by atoms with Gasteiger partial charge in [-0.05, 0) is 19.1 Å². The fourth-order valence-electron chi connectivity index (χ4n) is 1.44. The molecule has 84 valence electrons. The molecular weight excluding hydrogens is 224 g/mol. The van der Waals surface area contributed by atoms with Crippen LogP contribution in [0.5, 0.6) is 0 Å². The molecule has 4 nitrogen and oxygen atoms in total. The molecule has 2 rings (SSSR count). The fraction of sp³-hybridized carbons (Fsp3) is 0.273. The van der Waals surface area contributed by atoms with Crippen LogP contribution in [0.1, 0.15) is 18.0 Å². The second kappa shape index (κ2) is 4.57. The number of fused-ring (bicyclic) bond motifs is 1. The van der Waals surface area contributed by atoms with Gasteiger partial charge in [0.2, 0.25) is 0 Å². The highest BCUT2D eigenvalue weighted by atomic mass is 32.2. The van der Waals surface area contributed by atoms with Gasteiger partial charge in [-0.2, -0.15) is 0 Å². The largest absolute Gasteiger partial charge is 0.481 e. The highest BCUT2D eigenvalue weighted by Gasteiger charge is 2.12. The van der Waals surface area contributed by atoms with Crippen LogP contribution in [-0.4, -0.2) is 26.8 Å². The molecule has 1 aromatic heterocycles. The zero-order valence-electron chi connectivity index (χ0n) is 8.80. The van der Waals surface area contributed by atoms with Gasteiger partial charge in [-0.25, -0.2) is 4.98 Å². The Hall–Kier alpha value is -1.49. The van der Waals surface area contributed by atoms with Crippen molar-refractivity contribution in [2.75, 3.05) is 5.75 Å². The molecule has 0 aliphatic heterocycles. The van der Waals surface area contributed by atoms with Crippen LogP contribution in [0, 0.1) is 0 Å². The number of H-pyrrole nitrogens is 1.